The Morgan fingerprint density at radius 2 is 1.78 bits per heavy atom. The zero-order chi connectivity index (χ0) is 13.8. The maximum absolute atomic E-state index is 6.12. The summed E-state index contributed by atoms with van der Waals surface area (Å²) >= 11 is 0. The fraction of sp³-hybridized carbons (Fsp3) is 1.00. The molecule has 1 aliphatic carbocycles. The molecule has 2 nitrogen and oxygen atoms in total. The van der Waals surface area contributed by atoms with Crippen molar-refractivity contribution in [3.8, 4) is 0 Å². The van der Waals surface area contributed by atoms with E-state index in [1.54, 1.807) is 0 Å². The first-order valence-electron chi connectivity index (χ1n) is 7.84. The van der Waals surface area contributed by atoms with E-state index in [0.717, 1.165) is 12.6 Å². The monoisotopic (exact) mass is 254 g/mol. The van der Waals surface area contributed by atoms with E-state index in [0.29, 0.717) is 5.41 Å². The largest absolute Gasteiger partial charge is 0.329 e. The normalized spacial score (nSPS) is 24.2. The lowest BCUT2D eigenvalue weighted by molar-refractivity contribution is 0.0276. The van der Waals surface area contributed by atoms with E-state index in [1.807, 2.05) is 0 Å². The fourth-order valence-electron chi connectivity index (χ4n) is 3.62. The summed E-state index contributed by atoms with van der Waals surface area (Å²) in [5.41, 5.74) is 6.92. The van der Waals surface area contributed by atoms with Crippen molar-refractivity contribution in [2.45, 2.75) is 84.2 Å². The van der Waals surface area contributed by atoms with E-state index in [1.165, 1.54) is 44.9 Å². The summed E-state index contributed by atoms with van der Waals surface area (Å²) in [4.78, 5) is 2.63. The predicted molar refractivity (Wildman–Crippen MR) is 80.8 cm³/mol. The van der Waals surface area contributed by atoms with E-state index >= 15 is 0 Å². The van der Waals surface area contributed by atoms with Crippen molar-refractivity contribution < 1.29 is 0 Å². The van der Waals surface area contributed by atoms with Crippen molar-refractivity contribution in [3.05, 3.63) is 0 Å². The minimum Gasteiger partial charge on any atom is -0.329 e. The van der Waals surface area contributed by atoms with Crippen molar-refractivity contribution in [1.82, 2.24) is 4.90 Å². The van der Waals surface area contributed by atoms with Gasteiger partial charge in [0.2, 0.25) is 0 Å². The molecule has 108 valence electrons. The van der Waals surface area contributed by atoms with Gasteiger partial charge in [0.25, 0.3) is 0 Å². The van der Waals surface area contributed by atoms with Gasteiger partial charge < -0.3 is 5.73 Å². The van der Waals surface area contributed by atoms with Crippen LogP contribution in [0.1, 0.15) is 72.6 Å². The van der Waals surface area contributed by atoms with E-state index in [4.69, 9.17) is 5.73 Å². The van der Waals surface area contributed by atoms with Gasteiger partial charge in [-0.15, -0.1) is 0 Å². The number of nitrogens with two attached hydrogens (primary N) is 1. The van der Waals surface area contributed by atoms with Crippen molar-refractivity contribution >= 4 is 0 Å². The van der Waals surface area contributed by atoms with E-state index in [2.05, 4.69) is 39.6 Å². The first-order chi connectivity index (χ1) is 8.40. The highest BCUT2D eigenvalue weighted by Crippen LogP contribution is 2.39. The van der Waals surface area contributed by atoms with E-state index < -0.39 is 0 Å². The molecule has 0 radical (unpaired) electrons. The number of nitrogens with zero attached hydrogens (tertiary/aromatic N) is 1. The quantitative estimate of drug-likeness (QED) is 0.781. The lowest BCUT2D eigenvalue weighted by Crippen LogP contribution is -2.56. The molecule has 1 saturated carbocycles. The summed E-state index contributed by atoms with van der Waals surface area (Å²) in [5.74, 6) is 0. The zero-order valence-corrected chi connectivity index (χ0v) is 13.3. The Kier molecular flexibility index (Phi) is 5.67. The molecule has 0 aromatic heterocycles. The van der Waals surface area contributed by atoms with Gasteiger partial charge in [-0.05, 0) is 51.0 Å². The Morgan fingerprint density at radius 3 is 2.17 bits per heavy atom. The summed E-state index contributed by atoms with van der Waals surface area (Å²) < 4.78 is 0. The van der Waals surface area contributed by atoms with Crippen LogP contribution in [0.5, 0.6) is 0 Å². The maximum atomic E-state index is 6.12. The summed E-state index contributed by atoms with van der Waals surface area (Å²) in [6, 6.07) is 0.744. The van der Waals surface area contributed by atoms with Crippen LogP contribution in [-0.2, 0) is 0 Å². The third-order valence-corrected chi connectivity index (χ3v) is 5.36. The van der Waals surface area contributed by atoms with Gasteiger partial charge in [-0.2, -0.15) is 0 Å². The second-order valence-corrected chi connectivity index (χ2v) is 7.04. The SMILES string of the molecule is CCCC(CC)(CN)N(C)C1CCC(C)(C)CC1. The first kappa shape index (κ1) is 16.0. The Labute approximate surface area is 114 Å². The molecule has 2 heteroatoms. The van der Waals surface area contributed by atoms with Crippen molar-refractivity contribution in [3.63, 3.8) is 0 Å². The summed E-state index contributed by atoms with van der Waals surface area (Å²) in [5, 5.41) is 0. The third kappa shape index (κ3) is 3.48. The Hall–Kier alpha value is -0.0800. The van der Waals surface area contributed by atoms with E-state index in [-0.39, 0.29) is 5.54 Å². The minimum atomic E-state index is 0.237. The van der Waals surface area contributed by atoms with E-state index in [9.17, 15) is 0 Å². The molecule has 2 N–H and O–H groups in total. The molecule has 1 rings (SSSR count). The number of hydrogen-bond acceptors (Lipinski definition) is 2. The molecule has 0 spiro atoms. The highest BCUT2D eigenvalue weighted by atomic mass is 15.2. The van der Waals surface area contributed by atoms with Crippen molar-refractivity contribution in [1.29, 1.82) is 0 Å². The van der Waals surface area contributed by atoms with Crippen LogP contribution in [0, 0.1) is 5.41 Å². The van der Waals surface area contributed by atoms with Gasteiger partial charge in [0, 0.05) is 18.1 Å². The predicted octanol–water partition coefficient (Wildman–Crippen LogP) is 3.79. The lowest BCUT2D eigenvalue weighted by Gasteiger charge is -2.48. The molecule has 1 atom stereocenters. The van der Waals surface area contributed by atoms with Crippen LogP contribution in [-0.4, -0.2) is 30.1 Å². The molecular formula is C16H34N2. The van der Waals surface area contributed by atoms with Gasteiger partial charge in [0.05, 0.1) is 0 Å². The lowest BCUT2D eigenvalue weighted by atomic mass is 9.74. The molecular weight excluding hydrogens is 220 g/mol. The standard InChI is InChI=1S/C16H34N2/c1-6-10-16(7-2,13-17)18(5)14-8-11-15(3,4)12-9-14/h14H,6-13,17H2,1-5H3. The molecule has 0 amide bonds. The number of likely N-dealkylation sites (N-methyl/N-ethyl adjacent to an activating group) is 1. The zero-order valence-electron chi connectivity index (χ0n) is 13.3. The molecule has 0 aliphatic heterocycles. The molecule has 0 bridgehead atoms. The second kappa shape index (κ2) is 6.38. The van der Waals surface area contributed by atoms with Crippen LogP contribution in [0.25, 0.3) is 0 Å². The summed E-state index contributed by atoms with van der Waals surface area (Å²) in [6.07, 6.45) is 9.04. The van der Waals surface area contributed by atoms with Gasteiger partial charge in [0.1, 0.15) is 0 Å². The minimum absolute atomic E-state index is 0.237. The van der Waals surface area contributed by atoms with Crippen LogP contribution >= 0.6 is 0 Å². The van der Waals surface area contributed by atoms with Crippen molar-refractivity contribution in [2.75, 3.05) is 13.6 Å². The first-order valence-corrected chi connectivity index (χ1v) is 7.84. The highest BCUT2D eigenvalue weighted by Gasteiger charge is 2.37. The average Bonchev–Trinajstić information content (AvgIpc) is 2.35. The Bertz CT molecular complexity index is 233. The van der Waals surface area contributed by atoms with Gasteiger partial charge in [-0.25, -0.2) is 0 Å². The topological polar surface area (TPSA) is 29.3 Å². The fourth-order valence-corrected chi connectivity index (χ4v) is 3.62. The highest BCUT2D eigenvalue weighted by molar-refractivity contribution is 4.94. The maximum Gasteiger partial charge on any atom is 0.0328 e. The molecule has 0 heterocycles. The van der Waals surface area contributed by atoms with Crippen LogP contribution in [0.15, 0.2) is 0 Å². The molecule has 0 saturated heterocycles. The van der Waals surface area contributed by atoms with Gasteiger partial charge >= 0.3 is 0 Å². The average molecular weight is 254 g/mol. The molecule has 0 aromatic rings. The number of hydrogen-bond donors (Lipinski definition) is 1. The summed E-state index contributed by atoms with van der Waals surface area (Å²) in [7, 11) is 2.31. The Morgan fingerprint density at radius 1 is 1.22 bits per heavy atom. The van der Waals surface area contributed by atoms with Gasteiger partial charge in [-0.3, -0.25) is 4.90 Å². The molecule has 1 unspecified atom stereocenters. The van der Waals surface area contributed by atoms with Crippen LogP contribution in [0.4, 0.5) is 0 Å². The second-order valence-electron chi connectivity index (χ2n) is 7.04. The van der Waals surface area contributed by atoms with Gasteiger partial charge in [0.15, 0.2) is 0 Å². The molecule has 1 fully saturated rings. The summed E-state index contributed by atoms with van der Waals surface area (Å²) in [6.45, 7) is 10.2. The molecule has 0 aromatic carbocycles. The third-order valence-electron chi connectivity index (χ3n) is 5.36. The Balaban J connectivity index is 2.69. The molecule has 1 aliphatic rings. The number of rotatable bonds is 6. The smallest absolute Gasteiger partial charge is 0.0328 e. The van der Waals surface area contributed by atoms with Crippen LogP contribution < -0.4 is 5.73 Å². The van der Waals surface area contributed by atoms with Crippen molar-refractivity contribution in [2.24, 2.45) is 11.1 Å². The van der Waals surface area contributed by atoms with Crippen LogP contribution in [0.2, 0.25) is 0 Å². The van der Waals surface area contributed by atoms with Gasteiger partial charge in [-0.1, -0.05) is 34.1 Å². The molecule has 18 heavy (non-hydrogen) atoms. The van der Waals surface area contributed by atoms with Crippen LogP contribution in [0.3, 0.4) is 0 Å².